The quantitative estimate of drug-likeness (QED) is 0.725. The van der Waals surface area contributed by atoms with Gasteiger partial charge in [-0.25, -0.2) is 0 Å². The third kappa shape index (κ3) is 3.49. The summed E-state index contributed by atoms with van der Waals surface area (Å²) in [7, 11) is 0. The van der Waals surface area contributed by atoms with Crippen LogP contribution in [0.3, 0.4) is 0 Å². The predicted octanol–water partition coefficient (Wildman–Crippen LogP) is 1.37. The van der Waals surface area contributed by atoms with E-state index in [4.69, 9.17) is 0 Å². The van der Waals surface area contributed by atoms with Gasteiger partial charge in [0.1, 0.15) is 11.5 Å². The highest BCUT2D eigenvalue weighted by Crippen LogP contribution is 2.24. The smallest absolute Gasteiger partial charge is 0.180 e. The summed E-state index contributed by atoms with van der Waals surface area (Å²) in [5.41, 5.74) is 0.237. The van der Waals surface area contributed by atoms with Crippen molar-refractivity contribution in [2.75, 3.05) is 19.6 Å². The Hall–Kier alpha value is -1.59. The number of phenols is 2. The van der Waals surface area contributed by atoms with E-state index in [1.807, 2.05) is 4.90 Å². The summed E-state index contributed by atoms with van der Waals surface area (Å²) < 4.78 is 0. The molecule has 1 atom stereocenters. The van der Waals surface area contributed by atoms with Gasteiger partial charge in [-0.1, -0.05) is 0 Å². The molecule has 0 bridgehead atoms. The fourth-order valence-electron chi connectivity index (χ4n) is 2.64. The Morgan fingerprint density at radius 3 is 2.55 bits per heavy atom. The number of aliphatic hydroxyl groups excluding tert-OH is 1. The second kappa shape index (κ2) is 6.24. The van der Waals surface area contributed by atoms with Crippen LogP contribution in [0.2, 0.25) is 0 Å². The standard InChI is InChI=1S/C15H21NO4/c1-10(17)11-4-6-16(7-5-11)9-15(20)13-3-2-12(18)8-14(13)19/h2-3,8,10-11,17-19H,4-7,9H2,1H3. The van der Waals surface area contributed by atoms with Gasteiger partial charge >= 0.3 is 0 Å². The summed E-state index contributed by atoms with van der Waals surface area (Å²) in [5.74, 6) is -0.0907. The summed E-state index contributed by atoms with van der Waals surface area (Å²) >= 11 is 0. The third-order valence-electron chi connectivity index (χ3n) is 3.96. The van der Waals surface area contributed by atoms with Crippen LogP contribution in [-0.2, 0) is 0 Å². The molecule has 1 aliphatic rings. The van der Waals surface area contributed by atoms with Crippen LogP contribution in [-0.4, -0.2) is 51.7 Å². The molecule has 2 rings (SSSR count). The van der Waals surface area contributed by atoms with Gasteiger partial charge < -0.3 is 15.3 Å². The molecule has 0 amide bonds. The van der Waals surface area contributed by atoms with Gasteiger partial charge in [0.25, 0.3) is 0 Å². The molecule has 1 unspecified atom stereocenters. The minimum atomic E-state index is -0.297. The van der Waals surface area contributed by atoms with E-state index >= 15 is 0 Å². The highest BCUT2D eigenvalue weighted by molar-refractivity contribution is 6.00. The zero-order valence-corrected chi connectivity index (χ0v) is 11.6. The van der Waals surface area contributed by atoms with Crippen molar-refractivity contribution in [3.8, 4) is 11.5 Å². The van der Waals surface area contributed by atoms with Crippen LogP contribution in [0.1, 0.15) is 30.1 Å². The molecule has 1 aliphatic heterocycles. The minimum absolute atomic E-state index is 0.0585. The van der Waals surface area contributed by atoms with Gasteiger partial charge in [-0.15, -0.1) is 0 Å². The molecule has 0 radical (unpaired) electrons. The number of aromatic hydroxyl groups is 2. The molecule has 1 fully saturated rings. The molecule has 0 aromatic heterocycles. The Morgan fingerprint density at radius 1 is 1.35 bits per heavy atom. The van der Waals surface area contributed by atoms with E-state index in [-0.39, 0.29) is 35.5 Å². The van der Waals surface area contributed by atoms with Crippen LogP contribution in [0.5, 0.6) is 11.5 Å². The molecular weight excluding hydrogens is 258 g/mol. The van der Waals surface area contributed by atoms with Crippen molar-refractivity contribution >= 4 is 5.78 Å². The molecule has 1 heterocycles. The lowest BCUT2D eigenvalue weighted by Crippen LogP contribution is -2.39. The maximum Gasteiger partial charge on any atom is 0.180 e. The highest BCUT2D eigenvalue weighted by Gasteiger charge is 2.24. The van der Waals surface area contributed by atoms with Gasteiger partial charge in [0, 0.05) is 6.07 Å². The predicted molar refractivity (Wildman–Crippen MR) is 74.9 cm³/mol. The molecule has 1 aromatic rings. The number of aliphatic hydroxyl groups is 1. The molecular formula is C15H21NO4. The van der Waals surface area contributed by atoms with Crippen molar-refractivity contribution < 1.29 is 20.1 Å². The van der Waals surface area contributed by atoms with E-state index in [0.29, 0.717) is 5.92 Å². The van der Waals surface area contributed by atoms with Gasteiger partial charge in [-0.05, 0) is 50.9 Å². The first-order chi connectivity index (χ1) is 9.47. The molecule has 0 saturated carbocycles. The van der Waals surface area contributed by atoms with E-state index in [0.717, 1.165) is 25.9 Å². The summed E-state index contributed by atoms with van der Waals surface area (Å²) in [6.45, 7) is 3.62. The molecule has 110 valence electrons. The highest BCUT2D eigenvalue weighted by atomic mass is 16.3. The average Bonchev–Trinajstić information content (AvgIpc) is 2.39. The summed E-state index contributed by atoms with van der Waals surface area (Å²) in [5, 5.41) is 28.4. The van der Waals surface area contributed by atoms with Crippen molar-refractivity contribution in [3.63, 3.8) is 0 Å². The largest absolute Gasteiger partial charge is 0.508 e. The number of hydrogen-bond donors (Lipinski definition) is 3. The van der Waals surface area contributed by atoms with Gasteiger partial charge in [0.2, 0.25) is 0 Å². The fourth-order valence-corrected chi connectivity index (χ4v) is 2.64. The number of ketones is 1. The topological polar surface area (TPSA) is 81.0 Å². The molecule has 5 nitrogen and oxygen atoms in total. The van der Waals surface area contributed by atoms with Crippen LogP contribution in [0.25, 0.3) is 0 Å². The van der Waals surface area contributed by atoms with Crippen molar-refractivity contribution in [2.24, 2.45) is 5.92 Å². The van der Waals surface area contributed by atoms with Gasteiger partial charge in [-0.2, -0.15) is 0 Å². The fraction of sp³-hybridized carbons (Fsp3) is 0.533. The maximum absolute atomic E-state index is 12.1. The Labute approximate surface area is 118 Å². The lowest BCUT2D eigenvalue weighted by molar-refractivity contribution is 0.0664. The van der Waals surface area contributed by atoms with Crippen LogP contribution >= 0.6 is 0 Å². The second-order valence-electron chi connectivity index (χ2n) is 5.48. The summed E-state index contributed by atoms with van der Waals surface area (Å²) in [6, 6.07) is 4.01. The van der Waals surface area contributed by atoms with Gasteiger partial charge in [0.15, 0.2) is 5.78 Å². The first-order valence-electron chi connectivity index (χ1n) is 6.93. The number of piperidine rings is 1. The van der Waals surface area contributed by atoms with E-state index in [1.165, 1.54) is 18.2 Å². The van der Waals surface area contributed by atoms with Crippen molar-refractivity contribution in [1.82, 2.24) is 4.90 Å². The van der Waals surface area contributed by atoms with E-state index < -0.39 is 0 Å². The van der Waals surface area contributed by atoms with Gasteiger partial charge in [-0.3, -0.25) is 9.69 Å². The lowest BCUT2D eigenvalue weighted by Gasteiger charge is -2.32. The Morgan fingerprint density at radius 2 is 2.00 bits per heavy atom. The molecule has 3 N–H and O–H groups in total. The van der Waals surface area contributed by atoms with E-state index in [1.54, 1.807) is 6.92 Å². The van der Waals surface area contributed by atoms with Crippen molar-refractivity contribution in [1.29, 1.82) is 0 Å². The lowest BCUT2D eigenvalue weighted by atomic mass is 9.92. The average molecular weight is 279 g/mol. The number of carbonyl (C=O) groups excluding carboxylic acids is 1. The number of benzene rings is 1. The van der Waals surface area contributed by atoms with Crippen molar-refractivity contribution in [3.05, 3.63) is 23.8 Å². The Bertz CT molecular complexity index is 479. The number of hydrogen-bond acceptors (Lipinski definition) is 5. The Balaban J connectivity index is 1.92. The molecule has 1 saturated heterocycles. The number of phenolic OH excluding ortho intramolecular Hbond substituents is 2. The summed E-state index contributed by atoms with van der Waals surface area (Å²) in [4.78, 5) is 14.2. The third-order valence-corrected chi connectivity index (χ3v) is 3.96. The SMILES string of the molecule is CC(O)C1CCN(CC(=O)c2ccc(O)cc2O)CC1. The number of nitrogens with zero attached hydrogens (tertiary/aromatic N) is 1. The molecule has 0 spiro atoms. The number of rotatable bonds is 4. The van der Waals surface area contributed by atoms with E-state index in [2.05, 4.69) is 0 Å². The maximum atomic E-state index is 12.1. The molecule has 0 aliphatic carbocycles. The molecule has 20 heavy (non-hydrogen) atoms. The normalized spacial score (nSPS) is 18.9. The van der Waals surface area contributed by atoms with E-state index in [9.17, 15) is 20.1 Å². The molecule has 1 aromatic carbocycles. The first kappa shape index (κ1) is 14.8. The van der Waals surface area contributed by atoms with Gasteiger partial charge in [0.05, 0.1) is 18.2 Å². The minimum Gasteiger partial charge on any atom is -0.508 e. The van der Waals surface area contributed by atoms with Crippen LogP contribution in [0, 0.1) is 5.92 Å². The van der Waals surface area contributed by atoms with Crippen LogP contribution in [0.4, 0.5) is 0 Å². The zero-order valence-electron chi connectivity index (χ0n) is 11.6. The number of Topliss-reactive ketones (excluding diaryl/α,β-unsaturated/α-hetero) is 1. The zero-order chi connectivity index (χ0) is 14.7. The van der Waals surface area contributed by atoms with Crippen LogP contribution in [0.15, 0.2) is 18.2 Å². The monoisotopic (exact) mass is 279 g/mol. The Kier molecular flexibility index (Phi) is 4.62. The first-order valence-corrected chi connectivity index (χ1v) is 6.93. The molecule has 5 heteroatoms. The van der Waals surface area contributed by atoms with Crippen molar-refractivity contribution in [2.45, 2.75) is 25.9 Å². The van der Waals surface area contributed by atoms with Crippen LogP contribution < -0.4 is 0 Å². The summed E-state index contributed by atoms with van der Waals surface area (Å²) in [6.07, 6.45) is 1.47. The number of carbonyl (C=O) groups is 1. The number of likely N-dealkylation sites (tertiary alicyclic amines) is 1. The second-order valence-corrected chi connectivity index (χ2v) is 5.48.